The maximum atomic E-state index is 10.9. The monoisotopic (exact) mass is 242 g/mol. The number of halogens is 1. The van der Waals surface area contributed by atoms with Gasteiger partial charge >= 0.3 is 0 Å². The third-order valence-electron chi connectivity index (χ3n) is 2.16. The molecule has 5 heteroatoms. The first-order valence-corrected chi connectivity index (χ1v) is 5.34. The molecule has 3 N–H and O–H groups in total. The number of ether oxygens (including phenoxy) is 1. The van der Waals surface area contributed by atoms with Gasteiger partial charge < -0.3 is 15.8 Å². The van der Waals surface area contributed by atoms with Gasteiger partial charge in [-0.3, -0.25) is 4.79 Å². The molecule has 1 rings (SSSR count). The molecular weight excluding hydrogens is 228 g/mol. The van der Waals surface area contributed by atoms with Crippen molar-refractivity contribution in [1.29, 1.82) is 0 Å². The summed E-state index contributed by atoms with van der Waals surface area (Å²) in [6.07, 6.45) is 0.675. The summed E-state index contributed by atoms with van der Waals surface area (Å²) in [5, 5.41) is 3.32. The van der Waals surface area contributed by atoms with E-state index in [1.807, 2.05) is 12.1 Å². The number of benzene rings is 1. The van der Waals surface area contributed by atoms with E-state index in [0.29, 0.717) is 18.0 Å². The van der Waals surface area contributed by atoms with Crippen LogP contribution in [-0.4, -0.2) is 26.1 Å². The van der Waals surface area contributed by atoms with E-state index in [9.17, 15) is 4.79 Å². The molecule has 0 saturated carbocycles. The van der Waals surface area contributed by atoms with E-state index >= 15 is 0 Å². The predicted molar refractivity (Wildman–Crippen MR) is 63.8 cm³/mol. The second kappa shape index (κ2) is 6.35. The van der Waals surface area contributed by atoms with E-state index in [-0.39, 0.29) is 12.5 Å². The molecule has 1 aromatic rings. The first kappa shape index (κ1) is 12.8. The Morgan fingerprint density at radius 2 is 2.31 bits per heavy atom. The molecule has 0 heterocycles. The molecule has 88 valence electrons. The maximum absolute atomic E-state index is 10.9. The molecule has 0 fully saturated rings. The number of carbonyl (C=O) groups is 1. The molecule has 0 aliphatic heterocycles. The molecular formula is C11H15ClN2O2. The van der Waals surface area contributed by atoms with Gasteiger partial charge in [-0.25, -0.2) is 0 Å². The lowest BCUT2D eigenvalue weighted by Crippen LogP contribution is -2.31. The zero-order valence-electron chi connectivity index (χ0n) is 9.13. The quantitative estimate of drug-likeness (QED) is 0.809. The van der Waals surface area contributed by atoms with Crippen molar-refractivity contribution in [2.45, 2.75) is 6.42 Å². The number of amides is 1. The van der Waals surface area contributed by atoms with Gasteiger partial charge in [-0.15, -0.1) is 0 Å². The Morgan fingerprint density at radius 3 is 2.88 bits per heavy atom. The summed E-state index contributed by atoms with van der Waals surface area (Å²) in [7, 11) is 1.59. The Hall–Kier alpha value is -1.26. The fourth-order valence-corrected chi connectivity index (χ4v) is 1.53. The van der Waals surface area contributed by atoms with E-state index in [2.05, 4.69) is 5.32 Å². The van der Waals surface area contributed by atoms with Crippen molar-refractivity contribution < 1.29 is 9.53 Å². The van der Waals surface area contributed by atoms with E-state index in [1.165, 1.54) is 0 Å². The first-order valence-electron chi connectivity index (χ1n) is 4.96. The van der Waals surface area contributed by atoms with Gasteiger partial charge in [0.15, 0.2) is 0 Å². The maximum Gasteiger partial charge on any atom is 0.233 e. The minimum Gasteiger partial charge on any atom is -0.497 e. The van der Waals surface area contributed by atoms with Crippen LogP contribution >= 0.6 is 11.6 Å². The molecule has 1 aromatic carbocycles. The van der Waals surface area contributed by atoms with Crippen LogP contribution in [0.1, 0.15) is 5.56 Å². The van der Waals surface area contributed by atoms with Crippen LogP contribution in [0.4, 0.5) is 0 Å². The van der Waals surface area contributed by atoms with Crippen LogP contribution in [0.15, 0.2) is 18.2 Å². The normalized spacial score (nSPS) is 9.94. The molecule has 0 bridgehead atoms. The Morgan fingerprint density at radius 1 is 1.56 bits per heavy atom. The summed E-state index contributed by atoms with van der Waals surface area (Å²) in [6.45, 7) is 0.540. The minimum absolute atomic E-state index is 0.0103. The summed E-state index contributed by atoms with van der Waals surface area (Å²) in [5.41, 5.74) is 6.14. The molecule has 0 saturated heterocycles. The smallest absolute Gasteiger partial charge is 0.233 e. The number of rotatable bonds is 5. The highest BCUT2D eigenvalue weighted by atomic mass is 35.5. The van der Waals surface area contributed by atoms with Gasteiger partial charge in [-0.05, 0) is 24.1 Å². The van der Waals surface area contributed by atoms with Crippen molar-refractivity contribution >= 4 is 17.5 Å². The van der Waals surface area contributed by atoms with Gasteiger partial charge in [0.2, 0.25) is 5.91 Å². The van der Waals surface area contributed by atoms with E-state index in [0.717, 1.165) is 11.3 Å². The van der Waals surface area contributed by atoms with E-state index < -0.39 is 0 Å². The van der Waals surface area contributed by atoms with E-state index in [1.54, 1.807) is 13.2 Å². The molecule has 0 aliphatic rings. The lowest BCUT2D eigenvalue weighted by molar-refractivity contribution is -0.119. The van der Waals surface area contributed by atoms with Crippen LogP contribution in [-0.2, 0) is 11.2 Å². The van der Waals surface area contributed by atoms with Crippen molar-refractivity contribution in [3.8, 4) is 5.75 Å². The second-order valence-corrected chi connectivity index (χ2v) is 3.67. The first-order chi connectivity index (χ1) is 7.67. The van der Waals surface area contributed by atoms with Gasteiger partial charge in [-0.1, -0.05) is 17.7 Å². The zero-order chi connectivity index (χ0) is 12.0. The fourth-order valence-electron chi connectivity index (χ4n) is 1.27. The van der Waals surface area contributed by atoms with Crippen LogP contribution < -0.4 is 15.8 Å². The number of hydrogen-bond donors (Lipinski definition) is 2. The van der Waals surface area contributed by atoms with Crippen LogP contribution in [0, 0.1) is 0 Å². The Kier molecular flexibility index (Phi) is 5.08. The highest BCUT2D eigenvalue weighted by Crippen LogP contribution is 2.22. The Bertz CT molecular complexity index is 369. The average Bonchev–Trinajstić information content (AvgIpc) is 2.30. The second-order valence-electron chi connectivity index (χ2n) is 3.26. The zero-order valence-corrected chi connectivity index (χ0v) is 9.88. The van der Waals surface area contributed by atoms with Gasteiger partial charge in [0.1, 0.15) is 5.75 Å². The molecule has 0 spiro atoms. The summed E-state index contributed by atoms with van der Waals surface area (Å²) in [4.78, 5) is 10.9. The van der Waals surface area contributed by atoms with Crippen LogP contribution in [0.5, 0.6) is 5.75 Å². The lowest BCUT2D eigenvalue weighted by atomic mass is 10.1. The molecule has 0 aliphatic carbocycles. The number of nitrogens with two attached hydrogens (primary N) is 1. The van der Waals surface area contributed by atoms with Crippen LogP contribution in [0.3, 0.4) is 0 Å². The topological polar surface area (TPSA) is 64.3 Å². The Labute approximate surface area is 99.7 Å². The molecule has 16 heavy (non-hydrogen) atoms. The minimum atomic E-state index is -0.162. The van der Waals surface area contributed by atoms with Crippen LogP contribution in [0.2, 0.25) is 5.02 Å². The van der Waals surface area contributed by atoms with Gasteiger partial charge in [-0.2, -0.15) is 0 Å². The van der Waals surface area contributed by atoms with Gasteiger partial charge in [0.05, 0.1) is 13.7 Å². The summed E-state index contributed by atoms with van der Waals surface area (Å²) in [5.74, 6) is 0.560. The molecule has 0 radical (unpaired) electrons. The summed E-state index contributed by atoms with van der Waals surface area (Å²) in [6, 6.07) is 5.48. The van der Waals surface area contributed by atoms with Crippen molar-refractivity contribution in [1.82, 2.24) is 5.32 Å². The van der Waals surface area contributed by atoms with Crippen molar-refractivity contribution in [2.75, 3.05) is 20.2 Å². The number of methoxy groups -OCH3 is 1. The molecule has 0 atom stereocenters. The molecule has 0 unspecified atom stereocenters. The van der Waals surface area contributed by atoms with Crippen LogP contribution in [0.25, 0.3) is 0 Å². The van der Waals surface area contributed by atoms with Gasteiger partial charge in [0.25, 0.3) is 0 Å². The summed E-state index contributed by atoms with van der Waals surface area (Å²) >= 11 is 6.04. The summed E-state index contributed by atoms with van der Waals surface area (Å²) < 4.78 is 5.04. The van der Waals surface area contributed by atoms with Crippen molar-refractivity contribution in [3.05, 3.63) is 28.8 Å². The van der Waals surface area contributed by atoms with E-state index in [4.69, 9.17) is 22.1 Å². The molecule has 0 aromatic heterocycles. The highest BCUT2D eigenvalue weighted by Gasteiger charge is 2.03. The SMILES string of the molecule is COc1ccc(CCNC(=O)CN)c(Cl)c1. The largest absolute Gasteiger partial charge is 0.497 e. The highest BCUT2D eigenvalue weighted by molar-refractivity contribution is 6.31. The van der Waals surface area contributed by atoms with Crippen molar-refractivity contribution in [2.24, 2.45) is 5.73 Å². The third kappa shape index (κ3) is 3.72. The number of nitrogens with one attached hydrogen (secondary N) is 1. The predicted octanol–water partition coefficient (Wildman–Crippen LogP) is 0.966. The molecule has 4 nitrogen and oxygen atoms in total. The molecule has 1 amide bonds. The Balaban J connectivity index is 2.51. The third-order valence-corrected chi connectivity index (χ3v) is 2.51. The standard InChI is InChI=1S/C11H15ClN2O2/c1-16-9-3-2-8(10(12)6-9)4-5-14-11(15)7-13/h2-3,6H,4-5,7,13H2,1H3,(H,14,15). The number of carbonyl (C=O) groups excluding carboxylic acids is 1. The fraction of sp³-hybridized carbons (Fsp3) is 0.364. The number of hydrogen-bond acceptors (Lipinski definition) is 3. The van der Waals surface area contributed by atoms with Crippen molar-refractivity contribution in [3.63, 3.8) is 0 Å². The van der Waals surface area contributed by atoms with Gasteiger partial charge in [0, 0.05) is 11.6 Å². The average molecular weight is 243 g/mol. The lowest BCUT2D eigenvalue weighted by Gasteiger charge is -2.07.